The highest BCUT2D eigenvalue weighted by Gasteiger charge is 2.37. The summed E-state index contributed by atoms with van der Waals surface area (Å²) in [6, 6.07) is 0. The maximum Gasteiger partial charge on any atom is 0.329 e. The zero-order chi connectivity index (χ0) is 13.1. The molecule has 98 valence electrons. The van der Waals surface area contributed by atoms with Gasteiger partial charge in [0, 0.05) is 0 Å². The molecular weight excluding hydrogens is 222 g/mol. The molecule has 0 aromatic heterocycles. The molecule has 5 nitrogen and oxygen atoms in total. The van der Waals surface area contributed by atoms with Gasteiger partial charge in [-0.3, -0.25) is 4.79 Å². The number of carboxylic acids is 1. The first-order chi connectivity index (χ1) is 7.89. The highest BCUT2D eigenvalue weighted by Crippen LogP contribution is 2.21. The molecule has 3 atom stereocenters. The third kappa shape index (κ3) is 3.43. The predicted octanol–water partition coefficient (Wildman–Crippen LogP) is 1.17. The molecule has 5 heteroatoms. The van der Waals surface area contributed by atoms with Crippen molar-refractivity contribution >= 4 is 11.9 Å². The van der Waals surface area contributed by atoms with Gasteiger partial charge in [-0.05, 0) is 26.7 Å². The van der Waals surface area contributed by atoms with E-state index in [1.807, 2.05) is 13.8 Å². The van der Waals surface area contributed by atoms with Crippen LogP contribution >= 0.6 is 0 Å². The lowest BCUT2D eigenvalue weighted by Crippen LogP contribution is -2.53. The van der Waals surface area contributed by atoms with E-state index < -0.39 is 11.5 Å². The van der Waals surface area contributed by atoms with Crippen molar-refractivity contribution in [1.29, 1.82) is 0 Å². The van der Waals surface area contributed by atoms with Crippen LogP contribution < -0.4 is 5.32 Å². The second kappa shape index (κ2) is 5.49. The summed E-state index contributed by atoms with van der Waals surface area (Å²) >= 11 is 0. The third-order valence-electron chi connectivity index (χ3n) is 3.19. The third-order valence-corrected chi connectivity index (χ3v) is 3.19. The second-order valence-electron chi connectivity index (χ2n) is 4.95. The van der Waals surface area contributed by atoms with Gasteiger partial charge < -0.3 is 15.2 Å². The van der Waals surface area contributed by atoms with E-state index in [1.165, 1.54) is 0 Å². The molecule has 3 unspecified atom stereocenters. The molecule has 1 aliphatic heterocycles. The van der Waals surface area contributed by atoms with Gasteiger partial charge in [-0.2, -0.15) is 0 Å². The lowest BCUT2D eigenvalue weighted by molar-refractivity contribution is -0.147. The van der Waals surface area contributed by atoms with Crippen molar-refractivity contribution < 1.29 is 19.4 Å². The Morgan fingerprint density at radius 3 is 2.59 bits per heavy atom. The van der Waals surface area contributed by atoms with Crippen molar-refractivity contribution in [2.45, 2.75) is 51.7 Å². The van der Waals surface area contributed by atoms with E-state index >= 15 is 0 Å². The first-order valence-electron chi connectivity index (χ1n) is 6.06. The summed E-state index contributed by atoms with van der Waals surface area (Å²) in [6.45, 7) is 5.74. The minimum Gasteiger partial charge on any atom is -0.480 e. The normalized spacial score (nSPS) is 27.5. The number of amides is 1. The molecule has 0 radical (unpaired) electrons. The highest BCUT2D eigenvalue weighted by atomic mass is 16.5. The monoisotopic (exact) mass is 243 g/mol. The van der Waals surface area contributed by atoms with Crippen molar-refractivity contribution in [3.8, 4) is 0 Å². The number of carbonyl (C=O) groups excluding carboxylic acids is 1. The molecule has 1 rings (SSSR count). The van der Waals surface area contributed by atoms with Crippen molar-refractivity contribution in [2.24, 2.45) is 5.92 Å². The van der Waals surface area contributed by atoms with Gasteiger partial charge in [0.1, 0.15) is 5.54 Å². The lowest BCUT2D eigenvalue weighted by Gasteiger charge is -2.27. The molecule has 0 spiro atoms. The van der Waals surface area contributed by atoms with E-state index in [1.54, 1.807) is 6.92 Å². The summed E-state index contributed by atoms with van der Waals surface area (Å²) in [7, 11) is 0. The maximum atomic E-state index is 11.9. The first-order valence-corrected chi connectivity index (χ1v) is 6.06. The fourth-order valence-electron chi connectivity index (χ4n) is 2.10. The molecule has 1 saturated heterocycles. The van der Waals surface area contributed by atoms with E-state index in [9.17, 15) is 9.59 Å². The number of carbonyl (C=O) groups is 2. The number of ether oxygens (including phenoxy) is 1. The maximum absolute atomic E-state index is 11.9. The van der Waals surface area contributed by atoms with E-state index in [0.717, 1.165) is 0 Å². The smallest absolute Gasteiger partial charge is 0.329 e. The predicted molar refractivity (Wildman–Crippen MR) is 62.6 cm³/mol. The fraction of sp³-hybridized carbons (Fsp3) is 0.833. The summed E-state index contributed by atoms with van der Waals surface area (Å²) in [5.74, 6) is -1.42. The van der Waals surface area contributed by atoms with Crippen LogP contribution in [0, 0.1) is 5.92 Å². The topological polar surface area (TPSA) is 75.6 Å². The molecule has 0 aliphatic carbocycles. The Morgan fingerprint density at radius 1 is 1.53 bits per heavy atom. The van der Waals surface area contributed by atoms with Crippen LogP contribution in [0.2, 0.25) is 0 Å². The Labute approximate surface area is 102 Å². The van der Waals surface area contributed by atoms with Gasteiger partial charge in [-0.25, -0.2) is 4.79 Å². The zero-order valence-corrected chi connectivity index (χ0v) is 10.7. The highest BCUT2D eigenvalue weighted by molar-refractivity contribution is 5.87. The van der Waals surface area contributed by atoms with Crippen molar-refractivity contribution in [3.05, 3.63) is 0 Å². The number of hydrogen-bond donors (Lipinski definition) is 2. The summed E-state index contributed by atoms with van der Waals surface area (Å²) < 4.78 is 5.31. The molecule has 0 aromatic carbocycles. The molecule has 1 heterocycles. The molecular formula is C12H21NO4. The molecule has 2 N–H and O–H groups in total. The van der Waals surface area contributed by atoms with Gasteiger partial charge in [0.2, 0.25) is 5.91 Å². The Kier molecular flexibility index (Phi) is 4.51. The van der Waals surface area contributed by atoms with Crippen molar-refractivity contribution in [2.75, 3.05) is 6.61 Å². The average Bonchev–Trinajstić information content (AvgIpc) is 2.65. The number of rotatable bonds is 5. The van der Waals surface area contributed by atoms with E-state index in [2.05, 4.69) is 5.32 Å². The van der Waals surface area contributed by atoms with Crippen molar-refractivity contribution in [1.82, 2.24) is 5.32 Å². The summed E-state index contributed by atoms with van der Waals surface area (Å²) in [4.78, 5) is 23.1. The zero-order valence-electron chi connectivity index (χ0n) is 10.7. The van der Waals surface area contributed by atoms with E-state index in [0.29, 0.717) is 25.9 Å². The van der Waals surface area contributed by atoms with Crippen LogP contribution in [-0.2, 0) is 14.3 Å². The van der Waals surface area contributed by atoms with Gasteiger partial charge in [0.25, 0.3) is 0 Å². The van der Waals surface area contributed by atoms with Crippen LogP contribution in [0.5, 0.6) is 0 Å². The van der Waals surface area contributed by atoms with Gasteiger partial charge in [0.05, 0.1) is 18.6 Å². The summed E-state index contributed by atoms with van der Waals surface area (Å²) in [6.07, 6.45) is 1.87. The van der Waals surface area contributed by atoms with Gasteiger partial charge in [-0.1, -0.05) is 13.3 Å². The second-order valence-corrected chi connectivity index (χ2v) is 4.95. The van der Waals surface area contributed by atoms with Gasteiger partial charge in [-0.15, -0.1) is 0 Å². The molecule has 0 saturated carbocycles. The van der Waals surface area contributed by atoms with Crippen LogP contribution in [0.1, 0.15) is 40.0 Å². The van der Waals surface area contributed by atoms with Crippen molar-refractivity contribution in [3.63, 3.8) is 0 Å². The lowest BCUT2D eigenvalue weighted by atomic mass is 9.94. The summed E-state index contributed by atoms with van der Waals surface area (Å²) in [5.41, 5.74) is -1.17. The Bertz CT molecular complexity index is 305. The van der Waals surface area contributed by atoms with Crippen LogP contribution in [0.25, 0.3) is 0 Å². The van der Waals surface area contributed by atoms with Crippen LogP contribution in [0.4, 0.5) is 0 Å². The fourth-order valence-corrected chi connectivity index (χ4v) is 2.10. The Morgan fingerprint density at radius 2 is 2.18 bits per heavy atom. The van der Waals surface area contributed by atoms with Crippen LogP contribution in [0.3, 0.4) is 0 Å². The molecule has 17 heavy (non-hydrogen) atoms. The Balaban J connectivity index is 2.61. The quantitative estimate of drug-likeness (QED) is 0.760. The molecule has 1 amide bonds. The van der Waals surface area contributed by atoms with Crippen LogP contribution in [0.15, 0.2) is 0 Å². The largest absolute Gasteiger partial charge is 0.480 e. The van der Waals surface area contributed by atoms with Gasteiger partial charge in [0.15, 0.2) is 0 Å². The standard InChI is InChI=1S/C12H21NO4/c1-4-5-12(3,11(15)16)13-10(14)9-6-8(2)17-7-9/h8-9H,4-7H2,1-3H3,(H,13,14)(H,15,16). The Hall–Kier alpha value is -1.10. The number of aliphatic carboxylic acids is 1. The first kappa shape index (κ1) is 14.0. The molecule has 0 aromatic rings. The average molecular weight is 243 g/mol. The number of hydrogen-bond acceptors (Lipinski definition) is 3. The van der Waals surface area contributed by atoms with Gasteiger partial charge >= 0.3 is 5.97 Å². The summed E-state index contributed by atoms with van der Waals surface area (Å²) in [5, 5.41) is 11.8. The number of nitrogens with one attached hydrogen (secondary N) is 1. The van der Waals surface area contributed by atoms with E-state index in [4.69, 9.17) is 9.84 Å². The molecule has 1 aliphatic rings. The SMILES string of the molecule is CCCC(C)(NC(=O)C1COC(C)C1)C(=O)O. The molecule has 0 bridgehead atoms. The number of carboxylic acid groups (broad SMARTS) is 1. The minimum absolute atomic E-state index is 0.0769. The van der Waals surface area contributed by atoms with Crippen LogP contribution in [-0.4, -0.2) is 35.2 Å². The molecule has 1 fully saturated rings. The van der Waals surface area contributed by atoms with E-state index in [-0.39, 0.29) is 17.9 Å². The minimum atomic E-state index is -1.17.